The molecule has 0 saturated heterocycles. The van der Waals surface area contributed by atoms with E-state index in [9.17, 15) is 0 Å². The number of aryl methyl sites for hydroxylation is 2. The van der Waals surface area contributed by atoms with E-state index in [-0.39, 0.29) is 0 Å². The van der Waals surface area contributed by atoms with Gasteiger partial charge in [0, 0.05) is 37.9 Å². The van der Waals surface area contributed by atoms with Crippen LogP contribution >= 0.6 is 0 Å². The number of likely N-dealkylation sites (N-methyl/N-ethyl adjacent to an activating group) is 1. The molecule has 0 unspecified atom stereocenters. The van der Waals surface area contributed by atoms with Crippen molar-refractivity contribution in [2.24, 2.45) is 0 Å². The van der Waals surface area contributed by atoms with Crippen LogP contribution in [0, 0.1) is 0 Å². The van der Waals surface area contributed by atoms with Crippen LogP contribution in [0.4, 0.5) is 17.5 Å². The molecule has 1 aromatic carbocycles. The molecule has 0 spiro atoms. The van der Waals surface area contributed by atoms with Crippen LogP contribution in [-0.2, 0) is 19.3 Å². The maximum absolute atomic E-state index is 4.72. The molecule has 5 nitrogen and oxygen atoms in total. The second-order valence-corrected chi connectivity index (χ2v) is 6.55. The number of rotatable bonds is 8. The molecule has 0 aliphatic heterocycles. The van der Waals surface area contributed by atoms with Gasteiger partial charge in [0.15, 0.2) is 0 Å². The lowest BCUT2D eigenvalue weighted by Gasteiger charge is -2.19. The lowest BCUT2D eigenvalue weighted by atomic mass is 10.0. The Morgan fingerprint density at radius 3 is 2.30 bits per heavy atom. The molecule has 0 radical (unpaired) electrons. The van der Waals surface area contributed by atoms with E-state index in [1.165, 1.54) is 16.7 Å². The van der Waals surface area contributed by atoms with Crippen molar-refractivity contribution in [3.8, 4) is 0 Å². The molecule has 1 N–H and O–H groups in total. The number of hydrogen-bond donors (Lipinski definition) is 1. The molecule has 140 valence electrons. The Balaban J connectivity index is 1.74. The molecule has 27 heavy (non-hydrogen) atoms. The smallest absolute Gasteiger partial charge is 0.229 e. The lowest BCUT2D eigenvalue weighted by molar-refractivity contribution is 0.855. The Morgan fingerprint density at radius 2 is 1.63 bits per heavy atom. The third-order valence-electron chi connectivity index (χ3n) is 4.75. The summed E-state index contributed by atoms with van der Waals surface area (Å²) in [6.45, 7) is 5.22. The molecule has 0 fully saturated rings. The van der Waals surface area contributed by atoms with Crippen LogP contribution in [0.5, 0.6) is 0 Å². The first-order valence-corrected chi connectivity index (χ1v) is 9.52. The maximum Gasteiger partial charge on any atom is 0.229 e. The van der Waals surface area contributed by atoms with E-state index in [4.69, 9.17) is 4.98 Å². The zero-order valence-corrected chi connectivity index (χ0v) is 16.3. The Labute approximate surface area is 161 Å². The van der Waals surface area contributed by atoms with Crippen LogP contribution in [0.3, 0.4) is 0 Å². The van der Waals surface area contributed by atoms with Gasteiger partial charge in [-0.05, 0) is 54.2 Å². The number of anilines is 3. The van der Waals surface area contributed by atoms with E-state index in [1.54, 1.807) is 0 Å². The van der Waals surface area contributed by atoms with Crippen LogP contribution in [0.25, 0.3) is 0 Å². The van der Waals surface area contributed by atoms with Gasteiger partial charge in [0.05, 0.1) is 0 Å². The quantitative estimate of drug-likeness (QED) is 0.644. The first-order valence-electron chi connectivity index (χ1n) is 9.52. The van der Waals surface area contributed by atoms with Gasteiger partial charge in [0.1, 0.15) is 5.82 Å². The molecule has 3 rings (SSSR count). The highest BCUT2D eigenvalue weighted by Crippen LogP contribution is 2.25. The van der Waals surface area contributed by atoms with E-state index in [2.05, 4.69) is 71.4 Å². The van der Waals surface area contributed by atoms with Gasteiger partial charge in [0.25, 0.3) is 0 Å². The predicted octanol–water partition coefficient (Wildman–Crippen LogP) is 4.42. The van der Waals surface area contributed by atoms with Crippen LogP contribution in [0.2, 0.25) is 0 Å². The average Bonchev–Trinajstić information content (AvgIpc) is 2.73. The molecule has 0 aliphatic rings. The van der Waals surface area contributed by atoms with E-state index in [1.807, 2.05) is 24.7 Å². The molecular weight excluding hydrogens is 334 g/mol. The third-order valence-corrected chi connectivity index (χ3v) is 4.75. The fourth-order valence-corrected chi connectivity index (χ4v) is 3.10. The summed E-state index contributed by atoms with van der Waals surface area (Å²) >= 11 is 0. The minimum atomic E-state index is 0.638. The van der Waals surface area contributed by atoms with E-state index < -0.39 is 0 Å². The standard InChI is InChI=1S/C22H27N5/c1-4-18-7-6-8-19(5-2)21(18)26-22-24-15-11-20(25-22)27(3)16-12-17-9-13-23-14-10-17/h6-11,13-15H,4-5,12,16H2,1-3H3,(H,24,25,26). The Morgan fingerprint density at radius 1 is 0.926 bits per heavy atom. The second kappa shape index (κ2) is 9.12. The molecule has 0 atom stereocenters. The summed E-state index contributed by atoms with van der Waals surface area (Å²) in [7, 11) is 2.06. The number of para-hydroxylation sites is 1. The summed E-state index contributed by atoms with van der Waals surface area (Å²) in [6.07, 6.45) is 8.37. The topological polar surface area (TPSA) is 53.9 Å². The third kappa shape index (κ3) is 4.82. The number of pyridine rings is 1. The average molecular weight is 361 g/mol. The van der Waals surface area contributed by atoms with E-state index in [0.29, 0.717) is 5.95 Å². The van der Waals surface area contributed by atoms with Crippen molar-refractivity contribution >= 4 is 17.5 Å². The van der Waals surface area contributed by atoms with E-state index >= 15 is 0 Å². The molecular formula is C22H27N5. The van der Waals surface area contributed by atoms with Gasteiger partial charge in [-0.15, -0.1) is 0 Å². The summed E-state index contributed by atoms with van der Waals surface area (Å²) in [5.74, 6) is 1.55. The molecule has 0 aliphatic carbocycles. The Hall–Kier alpha value is -2.95. The number of aromatic nitrogens is 3. The fraction of sp³-hybridized carbons (Fsp3) is 0.318. The molecule has 0 saturated carbocycles. The minimum absolute atomic E-state index is 0.638. The minimum Gasteiger partial charge on any atom is -0.359 e. The highest BCUT2D eigenvalue weighted by atomic mass is 15.2. The summed E-state index contributed by atoms with van der Waals surface area (Å²) in [5, 5.41) is 3.45. The van der Waals surface area contributed by atoms with Gasteiger partial charge in [-0.25, -0.2) is 4.98 Å². The van der Waals surface area contributed by atoms with Crippen molar-refractivity contribution in [2.75, 3.05) is 23.8 Å². The molecule has 0 bridgehead atoms. The normalized spacial score (nSPS) is 10.6. The molecule has 2 aromatic heterocycles. The van der Waals surface area contributed by atoms with Gasteiger partial charge >= 0.3 is 0 Å². The Kier molecular flexibility index (Phi) is 6.36. The number of hydrogen-bond acceptors (Lipinski definition) is 5. The van der Waals surface area contributed by atoms with Gasteiger partial charge < -0.3 is 10.2 Å². The lowest BCUT2D eigenvalue weighted by Crippen LogP contribution is -2.21. The molecule has 0 amide bonds. The first-order chi connectivity index (χ1) is 13.2. The van der Waals surface area contributed by atoms with Crippen molar-refractivity contribution in [2.45, 2.75) is 33.1 Å². The summed E-state index contributed by atoms with van der Waals surface area (Å²) in [4.78, 5) is 15.4. The molecule has 3 aromatic rings. The van der Waals surface area contributed by atoms with Gasteiger partial charge in [-0.3, -0.25) is 4.98 Å². The predicted molar refractivity (Wildman–Crippen MR) is 112 cm³/mol. The number of nitrogens with zero attached hydrogens (tertiary/aromatic N) is 4. The van der Waals surface area contributed by atoms with Crippen molar-refractivity contribution < 1.29 is 0 Å². The van der Waals surface area contributed by atoms with Crippen molar-refractivity contribution in [1.29, 1.82) is 0 Å². The van der Waals surface area contributed by atoms with E-state index in [0.717, 1.165) is 37.3 Å². The van der Waals surface area contributed by atoms with Gasteiger partial charge in [-0.2, -0.15) is 4.98 Å². The summed E-state index contributed by atoms with van der Waals surface area (Å²) in [6, 6.07) is 12.5. The Bertz CT molecular complexity index is 841. The van der Waals surface area contributed by atoms with Crippen molar-refractivity contribution in [1.82, 2.24) is 15.0 Å². The van der Waals surface area contributed by atoms with Crippen LogP contribution < -0.4 is 10.2 Å². The second-order valence-electron chi connectivity index (χ2n) is 6.55. The highest BCUT2D eigenvalue weighted by molar-refractivity contribution is 5.64. The van der Waals surface area contributed by atoms with Crippen molar-refractivity contribution in [3.63, 3.8) is 0 Å². The van der Waals surface area contributed by atoms with Crippen LogP contribution in [0.15, 0.2) is 55.0 Å². The summed E-state index contributed by atoms with van der Waals surface area (Å²) in [5.41, 5.74) is 4.98. The SMILES string of the molecule is CCc1cccc(CC)c1Nc1nccc(N(C)CCc2ccncc2)n1. The summed E-state index contributed by atoms with van der Waals surface area (Å²) < 4.78 is 0. The molecule has 5 heteroatoms. The fourth-order valence-electron chi connectivity index (χ4n) is 3.10. The first kappa shape index (κ1) is 18.8. The monoisotopic (exact) mass is 361 g/mol. The van der Waals surface area contributed by atoms with Gasteiger partial charge in [-0.1, -0.05) is 32.0 Å². The maximum atomic E-state index is 4.72. The number of nitrogens with one attached hydrogen (secondary N) is 1. The number of benzene rings is 1. The van der Waals surface area contributed by atoms with Crippen molar-refractivity contribution in [3.05, 3.63) is 71.7 Å². The zero-order chi connectivity index (χ0) is 19.1. The van der Waals surface area contributed by atoms with Crippen LogP contribution in [0.1, 0.15) is 30.5 Å². The largest absolute Gasteiger partial charge is 0.359 e. The van der Waals surface area contributed by atoms with Gasteiger partial charge in [0.2, 0.25) is 5.95 Å². The molecule has 2 heterocycles. The zero-order valence-electron chi connectivity index (χ0n) is 16.3. The highest BCUT2D eigenvalue weighted by Gasteiger charge is 2.10. The van der Waals surface area contributed by atoms with Crippen LogP contribution in [-0.4, -0.2) is 28.5 Å².